The molecule has 0 spiro atoms. The first-order valence-corrected chi connectivity index (χ1v) is 8.62. The van der Waals surface area contributed by atoms with Gasteiger partial charge in [0.1, 0.15) is 0 Å². The molecule has 24 heavy (non-hydrogen) atoms. The van der Waals surface area contributed by atoms with Gasteiger partial charge in [0.05, 0.1) is 16.7 Å². The summed E-state index contributed by atoms with van der Waals surface area (Å²) in [4.78, 5) is 16.0. The van der Waals surface area contributed by atoms with Crippen LogP contribution < -0.4 is 10.1 Å². The van der Waals surface area contributed by atoms with Crippen LogP contribution in [0.25, 0.3) is 0 Å². The van der Waals surface area contributed by atoms with E-state index in [0.717, 1.165) is 24.0 Å². The molecule has 0 aliphatic rings. The van der Waals surface area contributed by atoms with Crippen LogP contribution in [0.5, 0.6) is 5.88 Å². The molecule has 0 saturated carbocycles. The van der Waals surface area contributed by atoms with Crippen molar-refractivity contribution in [3.63, 3.8) is 0 Å². The summed E-state index contributed by atoms with van der Waals surface area (Å²) in [6, 6.07) is 9.24. The van der Waals surface area contributed by atoms with E-state index in [1.54, 1.807) is 12.3 Å². The fraction of sp³-hybridized carbons (Fsp3) is 0.333. The summed E-state index contributed by atoms with van der Waals surface area (Å²) in [6.07, 6.45) is 3.68. The zero-order chi connectivity index (χ0) is 17.4. The van der Waals surface area contributed by atoms with Crippen LogP contribution in [0.15, 0.2) is 36.5 Å². The standard InChI is InChI=1S/C18H20Cl2N2O2/c1-2-24-18-11-14(8-9-21-18)12-22-17(23)5-3-4-13-6-7-15(19)16(20)10-13/h6-11H,2-5,12H2,1H3,(H,22,23). The summed E-state index contributed by atoms with van der Waals surface area (Å²) in [5.74, 6) is 0.591. The molecule has 1 aromatic carbocycles. The smallest absolute Gasteiger partial charge is 0.220 e. The van der Waals surface area contributed by atoms with Crippen molar-refractivity contribution >= 4 is 29.1 Å². The number of rotatable bonds is 8. The minimum absolute atomic E-state index is 0.0184. The van der Waals surface area contributed by atoms with Crippen molar-refractivity contribution in [3.05, 3.63) is 57.7 Å². The number of benzene rings is 1. The van der Waals surface area contributed by atoms with Crippen molar-refractivity contribution in [1.29, 1.82) is 0 Å². The molecule has 1 amide bonds. The molecule has 2 aromatic rings. The van der Waals surface area contributed by atoms with E-state index in [1.807, 2.05) is 31.2 Å². The van der Waals surface area contributed by atoms with Gasteiger partial charge in [0.2, 0.25) is 11.8 Å². The van der Waals surface area contributed by atoms with Crippen LogP contribution in [0.4, 0.5) is 0 Å². The molecule has 0 unspecified atom stereocenters. The molecule has 128 valence electrons. The summed E-state index contributed by atoms with van der Waals surface area (Å²) >= 11 is 11.9. The van der Waals surface area contributed by atoms with Crippen LogP contribution >= 0.6 is 23.2 Å². The Kier molecular flexibility index (Phi) is 7.35. The van der Waals surface area contributed by atoms with Crippen LogP contribution in [0.1, 0.15) is 30.9 Å². The highest BCUT2D eigenvalue weighted by atomic mass is 35.5. The Morgan fingerprint density at radius 3 is 2.75 bits per heavy atom. The zero-order valence-electron chi connectivity index (χ0n) is 13.5. The molecule has 0 bridgehead atoms. The van der Waals surface area contributed by atoms with Crippen LogP contribution in [-0.2, 0) is 17.8 Å². The number of halogens is 2. The lowest BCUT2D eigenvalue weighted by molar-refractivity contribution is -0.121. The average Bonchev–Trinajstić information content (AvgIpc) is 2.57. The van der Waals surface area contributed by atoms with Gasteiger partial charge in [-0.1, -0.05) is 29.3 Å². The van der Waals surface area contributed by atoms with Crippen molar-refractivity contribution in [2.45, 2.75) is 32.7 Å². The van der Waals surface area contributed by atoms with E-state index in [-0.39, 0.29) is 5.91 Å². The average molecular weight is 367 g/mol. The Labute approximate surface area is 152 Å². The van der Waals surface area contributed by atoms with Crippen molar-refractivity contribution < 1.29 is 9.53 Å². The zero-order valence-corrected chi connectivity index (χ0v) is 15.0. The van der Waals surface area contributed by atoms with Gasteiger partial charge in [-0.05, 0) is 49.1 Å². The minimum atomic E-state index is 0.0184. The number of hydrogen-bond acceptors (Lipinski definition) is 3. The molecule has 0 aliphatic heterocycles. The predicted octanol–water partition coefficient (Wildman–Crippen LogP) is 4.43. The molecule has 1 N–H and O–H groups in total. The molecule has 4 nitrogen and oxygen atoms in total. The number of carbonyl (C=O) groups is 1. The summed E-state index contributed by atoms with van der Waals surface area (Å²) in [5, 5.41) is 3.99. The summed E-state index contributed by atoms with van der Waals surface area (Å²) < 4.78 is 5.34. The van der Waals surface area contributed by atoms with E-state index in [9.17, 15) is 4.79 Å². The third kappa shape index (κ3) is 6.02. The van der Waals surface area contributed by atoms with E-state index < -0.39 is 0 Å². The monoisotopic (exact) mass is 366 g/mol. The van der Waals surface area contributed by atoms with E-state index in [2.05, 4.69) is 10.3 Å². The third-order valence-electron chi connectivity index (χ3n) is 3.43. The maximum atomic E-state index is 11.9. The van der Waals surface area contributed by atoms with Crippen molar-refractivity contribution in [2.24, 2.45) is 0 Å². The molecular formula is C18H20Cl2N2O2. The number of ether oxygens (including phenoxy) is 1. The number of nitrogens with one attached hydrogen (secondary N) is 1. The molecule has 0 fully saturated rings. The highest BCUT2D eigenvalue weighted by Crippen LogP contribution is 2.23. The normalized spacial score (nSPS) is 10.5. The van der Waals surface area contributed by atoms with Gasteiger partial charge in [0.25, 0.3) is 0 Å². The van der Waals surface area contributed by atoms with E-state index in [1.165, 1.54) is 0 Å². The molecule has 2 rings (SSSR count). The minimum Gasteiger partial charge on any atom is -0.478 e. The Balaban J connectivity index is 1.73. The fourth-order valence-electron chi connectivity index (χ4n) is 2.22. The molecule has 0 saturated heterocycles. The first-order chi connectivity index (χ1) is 11.6. The quantitative estimate of drug-likeness (QED) is 0.751. The maximum absolute atomic E-state index is 11.9. The van der Waals surface area contributed by atoms with Crippen LogP contribution in [0.2, 0.25) is 10.0 Å². The number of amides is 1. The maximum Gasteiger partial charge on any atom is 0.220 e. The fourth-order valence-corrected chi connectivity index (χ4v) is 2.55. The number of aryl methyl sites for hydroxylation is 1. The molecule has 6 heteroatoms. The second kappa shape index (κ2) is 9.50. The van der Waals surface area contributed by atoms with E-state index >= 15 is 0 Å². The topological polar surface area (TPSA) is 51.2 Å². The van der Waals surface area contributed by atoms with Gasteiger partial charge in [-0.15, -0.1) is 0 Å². The molecular weight excluding hydrogens is 347 g/mol. The molecule has 0 aliphatic carbocycles. The summed E-state index contributed by atoms with van der Waals surface area (Å²) in [7, 11) is 0. The largest absolute Gasteiger partial charge is 0.478 e. The van der Waals surface area contributed by atoms with E-state index in [4.69, 9.17) is 27.9 Å². The van der Waals surface area contributed by atoms with Crippen molar-refractivity contribution in [3.8, 4) is 5.88 Å². The van der Waals surface area contributed by atoms with Gasteiger partial charge < -0.3 is 10.1 Å². The van der Waals surface area contributed by atoms with Gasteiger partial charge in [0.15, 0.2) is 0 Å². The molecule has 0 atom stereocenters. The summed E-state index contributed by atoms with van der Waals surface area (Å²) in [6.45, 7) is 2.94. The van der Waals surface area contributed by atoms with Gasteiger partial charge in [-0.2, -0.15) is 0 Å². The Bertz CT molecular complexity index is 692. The lowest BCUT2D eigenvalue weighted by Crippen LogP contribution is -2.22. The number of aromatic nitrogens is 1. The second-order valence-corrected chi connectivity index (χ2v) is 6.13. The second-order valence-electron chi connectivity index (χ2n) is 5.31. The first-order valence-electron chi connectivity index (χ1n) is 7.87. The SMILES string of the molecule is CCOc1cc(CNC(=O)CCCc2ccc(Cl)c(Cl)c2)ccn1. The van der Waals surface area contributed by atoms with Crippen molar-refractivity contribution in [2.75, 3.05) is 6.61 Å². The van der Waals surface area contributed by atoms with Crippen LogP contribution in [0, 0.1) is 0 Å². The van der Waals surface area contributed by atoms with Crippen LogP contribution in [-0.4, -0.2) is 17.5 Å². The van der Waals surface area contributed by atoms with Gasteiger partial charge in [-0.3, -0.25) is 4.79 Å². The molecule has 1 heterocycles. The Hall–Kier alpha value is -1.78. The third-order valence-corrected chi connectivity index (χ3v) is 4.17. The number of carbonyl (C=O) groups excluding carboxylic acids is 1. The van der Waals surface area contributed by atoms with Gasteiger partial charge >= 0.3 is 0 Å². The number of hydrogen-bond donors (Lipinski definition) is 1. The van der Waals surface area contributed by atoms with E-state index in [0.29, 0.717) is 35.5 Å². The number of nitrogens with zero attached hydrogens (tertiary/aromatic N) is 1. The molecule has 1 aromatic heterocycles. The summed E-state index contributed by atoms with van der Waals surface area (Å²) in [5.41, 5.74) is 2.04. The predicted molar refractivity (Wildman–Crippen MR) is 96.7 cm³/mol. The highest BCUT2D eigenvalue weighted by Gasteiger charge is 2.05. The van der Waals surface area contributed by atoms with Gasteiger partial charge in [0, 0.05) is 25.2 Å². The van der Waals surface area contributed by atoms with Crippen LogP contribution in [0.3, 0.4) is 0 Å². The first kappa shape index (κ1) is 18.6. The molecule has 0 radical (unpaired) electrons. The number of pyridine rings is 1. The van der Waals surface area contributed by atoms with Gasteiger partial charge in [-0.25, -0.2) is 4.98 Å². The highest BCUT2D eigenvalue weighted by molar-refractivity contribution is 6.42. The Morgan fingerprint density at radius 1 is 1.17 bits per heavy atom. The Morgan fingerprint density at radius 2 is 2.00 bits per heavy atom. The van der Waals surface area contributed by atoms with Crippen molar-refractivity contribution in [1.82, 2.24) is 10.3 Å². The lowest BCUT2D eigenvalue weighted by atomic mass is 10.1. The lowest BCUT2D eigenvalue weighted by Gasteiger charge is -2.07.